The van der Waals surface area contributed by atoms with Gasteiger partial charge in [-0.3, -0.25) is 9.59 Å². The van der Waals surface area contributed by atoms with Crippen LogP contribution in [0.15, 0.2) is 0 Å². The molecular formula is C27H44O3. The number of ether oxygens (including phenoxy) is 1. The molecule has 30 heavy (non-hydrogen) atoms. The number of esters is 1. The lowest BCUT2D eigenvalue weighted by molar-refractivity contribution is -0.162. The maximum absolute atomic E-state index is 12.6. The summed E-state index contributed by atoms with van der Waals surface area (Å²) >= 11 is 0. The lowest BCUT2D eigenvalue weighted by atomic mass is 9.45. The number of unbranched alkanes of at least 4 members (excludes halogenated alkanes) is 4. The lowest BCUT2D eigenvalue weighted by Crippen LogP contribution is -2.54. The van der Waals surface area contributed by atoms with Gasteiger partial charge in [-0.2, -0.15) is 0 Å². The van der Waals surface area contributed by atoms with E-state index >= 15 is 0 Å². The van der Waals surface area contributed by atoms with Crippen LogP contribution < -0.4 is 0 Å². The Morgan fingerprint density at radius 1 is 0.967 bits per heavy atom. The van der Waals surface area contributed by atoms with E-state index in [9.17, 15) is 9.59 Å². The first-order valence-corrected chi connectivity index (χ1v) is 13.1. The van der Waals surface area contributed by atoms with Crippen LogP contribution in [0.1, 0.15) is 117 Å². The van der Waals surface area contributed by atoms with E-state index in [1.54, 1.807) is 0 Å². The molecule has 4 aliphatic rings. The largest absolute Gasteiger partial charge is 0.462 e. The van der Waals surface area contributed by atoms with Gasteiger partial charge in [-0.05, 0) is 86.9 Å². The second-order valence-corrected chi connectivity index (χ2v) is 11.6. The fraction of sp³-hybridized carbons (Fsp3) is 0.926. The van der Waals surface area contributed by atoms with Crippen LogP contribution in [0, 0.1) is 34.5 Å². The third-order valence-corrected chi connectivity index (χ3v) is 10.1. The molecule has 0 amide bonds. The monoisotopic (exact) mass is 416 g/mol. The van der Waals surface area contributed by atoms with E-state index in [0.717, 1.165) is 56.8 Å². The van der Waals surface area contributed by atoms with Crippen molar-refractivity contribution in [2.75, 3.05) is 0 Å². The van der Waals surface area contributed by atoms with Gasteiger partial charge in [0.05, 0.1) is 0 Å². The van der Waals surface area contributed by atoms with Crippen molar-refractivity contribution in [2.24, 2.45) is 34.5 Å². The van der Waals surface area contributed by atoms with Gasteiger partial charge in [0.1, 0.15) is 11.9 Å². The van der Waals surface area contributed by atoms with Crippen LogP contribution in [0.3, 0.4) is 0 Å². The maximum atomic E-state index is 12.6. The summed E-state index contributed by atoms with van der Waals surface area (Å²) in [6.45, 7) is 7.04. The Morgan fingerprint density at radius 2 is 1.77 bits per heavy atom. The molecule has 4 saturated carbocycles. The predicted octanol–water partition coefficient (Wildman–Crippen LogP) is 6.87. The van der Waals surface area contributed by atoms with E-state index in [-0.39, 0.29) is 17.5 Å². The summed E-state index contributed by atoms with van der Waals surface area (Å²) in [6, 6.07) is 0. The quantitative estimate of drug-likeness (QED) is 0.336. The van der Waals surface area contributed by atoms with Crippen LogP contribution in [0.25, 0.3) is 0 Å². The van der Waals surface area contributed by atoms with Crippen molar-refractivity contribution in [3.05, 3.63) is 0 Å². The zero-order chi connectivity index (χ0) is 21.4. The standard InChI is InChI=1S/C27H44O3/c1-4-5-6-7-8-9-25(29)30-20-14-16-26(2)19(18-20)10-11-21-22-12-13-24(28)27(22,3)17-15-23(21)26/h19-23H,4-18H2,1-3H3. The highest BCUT2D eigenvalue weighted by Gasteiger charge is 2.60. The molecule has 0 aromatic rings. The minimum Gasteiger partial charge on any atom is -0.462 e. The molecule has 4 aliphatic carbocycles. The van der Waals surface area contributed by atoms with Crippen LogP contribution in [0.5, 0.6) is 0 Å². The molecule has 0 radical (unpaired) electrons. The average Bonchev–Trinajstić information content (AvgIpc) is 3.03. The van der Waals surface area contributed by atoms with Crippen molar-refractivity contribution in [1.29, 1.82) is 0 Å². The zero-order valence-electron chi connectivity index (χ0n) is 19.7. The highest BCUT2D eigenvalue weighted by molar-refractivity contribution is 5.87. The second-order valence-electron chi connectivity index (χ2n) is 11.6. The van der Waals surface area contributed by atoms with E-state index in [1.807, 2.05) is 0 Å². The molecule has 3 heteroatoms. The first-order valence-electron chi connectivity index (χ1n) is 13.1. The third-order valence-electron chi connectivity index (χ3n) is 10.1. The highest BCUT2D eigenvalue weighted by atomic mass is 16.5. The molecule has 4 fully saturated rings. The van der Waals surface area contributed by atoms with Crippen molar-refractivity contribution in [3.63, 3.8) is 0 Å². The zero-order valence-corrected chi connectivity index (χ0v) is 19.7. The SMILES string of the molecule is CCCCCCCC(=O)OC1CCC2(C)C(CCC3C4CCC(=O)C4(C)CCC32)C1. The van der Waals surface area contributed by atoms with Crippen molar-refractivity contribution in [1.82, 2.24) is 0 Å². The molecule has 3 nitrogen and oxygen atoms in total. The van der Waals surface area contributed by atoms with Crippen LogP contribution in [-0.4, -0.2) is 17.9 Å². The van der Waals surface area contributed by atoms with E-state index in [4.69, 9.17) is 4.74 Å². The minimum atomic E-state index is -0.0196. The number of hydrogen-bond donors (Lipinski definition) is 0. The summed E-state index contributed by atoms with van der Waals surface area (Å²) in [5, 5.41) is 0. The fourth-order valence-electron chi connectivity index (χ4n) is 8.21. The molecular weight excluding hydrogens is 372 g/mol. The molecule has 0 bridgehead atoms. The van der Waals surface area contributed by atoms with E-state index in [2.05, 4.69) is 20.8 Å². The van der Waals surface area contributed by atoms with Gasteiger partial charge >= 0.3 is 5.97 Å². The van der Waals surface area contributed by atoms with Crippen molar-refractivity contribution in [2.45, 2.75) is 123 Å². The smallest absolute Gasteiger partial charge is 0.306 e. The summed E-state index contributed by atoms with van der Waals surface area (Å²) < 4.78 is 5.94. The Kier molecular flexibility index (Phi) is 6.66. The number of carbonyl (C=O) groups is 2. The van der Waals surface area contributed by atoms with Crippen LogP contribution in [0.4, 0.5) is 0 Å². The normalized spacial score (nSPS) is 42.9. The third kappa shape index (κ3) is 3.99. The fourth-order valence-corrected chi connectivity index (χ4v) is 8.21. The van der Waals surface area contributed by atoms with Gasteiger partial charge in [0.15, 0.2) is 0 Å². The van der Waals surface area contributed by atoms with Gasteiger partial charge in [-0.25, -0.2) is 0 Å². The van der Waals surface area contributed by atoms with Gasteiger partial charge in [0.2, 0.25) is 0 Å². The number of hydrogen-bond acceptors (Lipinski definition) is 3. The number of carbonyl (C=O) groups excluding carboxylic acids is 2. The Labute approximate surface area is 184 Å². The Bertz CT molecular complexity index is 642. The topological polar surface area (TPSA) is 43.4 Å². The Balaban J connectivity index is 1.31. The van der Waals surface area contributed by atoms with Gasteiger partial charge in [0.25, 0.3) is 0 Å². The predicted molar refractivity (Wildman–Crippen MR) is 120 cm³/mol. The van der Waals surface area contributed by atoms with Gasteiger partial charge in [-0.15, -0.1) is 0 Å². The molecule has 0 aliphatic heterocycles. The summed E-state index contributed by atoms with van der Waals surface area (Å²) in [5.74, 6) is 3.42. The van der Waals surface area contributed by atoms with E-state index in [0.29, 0.717) is 29.5 Å². The van der Waals surface area contributed by atoms with Gasteiger partial charge in [-0.1, -0.05) is 46.5 Å². The van der Waals surface area contributed by atoms with Crippen LogP contribution in [0.2, 0.25) is 0 Å². The molecule has 0 spiro atoms. The van der Waals surface area contributed by atoms with Crippen molar-refractivity contribution < 1.29 is 14.3 Å². The second kappa shape index (κ2) is 8.94. The van der Waals surface area contributed by atoms with Crippen molar-refractivity contribution >= 4 is 11.8 Å². The Hall–Kier alpha value is -0.860. The number of fused-ring (bicyclic) bond motifs is 5. The number of rotatable bonds is 7. The van der Waals surface area contributed by atoms with Crippen LogP contribution >= 0.6 is 0 Å². The summed E-state index contributed by atoms with van der Waals surface area (Å²) in [7, 11) is 0. The summed E-state index contributed by atoms with van der Waals surface area (Å²) in [5.41, 5.74) is 0.368. The first kappa shape index (κ1) is 22.3. The Morgan fingerprint density at radius 3 is 2.57 bits per heavy atom. The van der Waals surface area contributed by atoms with Gasteiger partial charge in [0, 0.05) is 18.3 Å². The molecule has 7 unspecified atom stereocenters. The van der Waals surface area contributed by atoms with Gasteiger partial charge < -0.3 is 4.74 Å². The van der Waals surface area contributed by atoms with Crippen LogP contribution in [-0.2, 0) is 14.3 Å². The molecule has 0 aromatic heterocycles. The molecule has 0 saturated heterocycles. The minimum absolute atomic E-state index is 0.0196. The summed E-state index contributed by atoms with van der Waals surface area (Å²) in [6.07, 6.45) is 16.8. The molecule has 0 heterocycles. The van der Waals surface area contributed by atoms with Crippen molar-refractivity contribution in [3.8, 4) is 0 Å². The maximum Gasteiger partial charge on any atom is 0.306 e. The first-order chi connectivity index (χ1) is 14.4. The molecule has 0 aromatic carbocycles. The number of ketones is 1. The van der Waals surface area contributed by atoms with E-state index < -0.39 is 0 Å². The van der Waals surface area contributed by atoms with E-state index in [1.165, 1.54) is 44.9 Å². The lowest BCUT2D eigenvalue weighted by Gasteiger charge is -2.60. The number of Topliss-reactive ketones (excluding diaryl/α,β-unsaturated/α-hetero) is 1. The molecule has 170 valence electrons. The average molecular weight is 417 g/mol. The summed E-state index contributed by atoms with van der Waals surface area (Å²) in [4.78, 5) is 24.9. The molecule has 7 atom stereocenters. The molecule has 4 rings (SSSR count). The highest BCUT2D eigenvalue weighted by Crippen LogP contribution is 2.65. The molecule has 0 N–H and O–H groups in total.